The summed E-state index contributed by atoms with van der Waals surface area (Å²) in [6.45, 7) is 4.20. The Balaban J connectivity index is 2.29. The number of anilines is 1. The predicted octanol–water partition coefficient (Wildman–Crippen LogP) is 5.25. The highest BCUT2D eigenvalue weighted by Gasteiger charge is 2.08. The number of nitrogens with one attached hydrogen (secondary N) is 1. The second kappa shape index (κ2) is 8.27. The topological polar surface area (TPSA) is 50.4 Å². The first-order chi connectivity index (χ1) is 11.1. The minimum absolute atomic E-state index is 0.334. The Hall–Kier alpha value is -1.65. The number of halogens is 1. The lowest BCUT2D eigenvalue weighted by atomic mass is 10.1. The number of aliphatic imine (C=N–C) groups is 1. The highest BCUT2D eigenvalue weighted by molar-refractivity contribution is 7.98. The van der Waals surface area contributed by atoms with E-state index in [2.05, 4.69) is 42.4 Å². The van der Waals surface area contributed by atoms with Gasteiger partial charge < -0.3 is 11.1 Å². The van der Waals surface area contributed by atoms with Gasteiger partial charge in [0.2, 0.25) is 0 Å². The van der Waals surface area contributed by atoms with Gasteiger partial charge in [0, 0.05) is 10.6 Å². The molecule has 0 aromatic heterocycles. The van der Waals surface area contributed by atoms with Gasteiger partial charge in [-0.2, -0.15) is 0 Å². The number of hydrogen-bond acceptors (Lipinski definition) is 2. The van der Waals surface area contributed by atoms with Crippen molar-refractivity contribution in [3.8, 4) is 0 Å². The van der Waals surface area contributed by atoms with Crippen molar-refractivity contribution in [1.29, 1.82) is 0 Å². The minimum Gasteiger partial charge on any atom is -0.369 e. The van der Waals surface area contributed by atoms with E-state index < -0.39 is 0 Å². The van der Waals surface area contributed by atoms with Gasteiger partial charge >= 0.3 is 0 Å². The normalized spacial score (nSPS) is 11.6. The number of guanidine groups is 1. The molecule has 0 aliphatic rings. The molecule has 0 aliphatic heterocycles. The van der Waals surface area contributed by atoms with Crippen LogP contribution in [0.25, 0.3) is 0 Å². The van der Waals surface area contributed by atoms with Crippen LogP contribution in [0.3, 0.4) is 0 Å². The van der Waals surface area contributed by atoms with Gasteiger partial charge in [0.1, 0.15) is 0 Å². The number of nitrogens with zero attached hydrogens (tertiary/aromatic N) is 1. The minimum atomic E-state index is 0.334. The number of rotatable bonds is 5. The molecule has 3 N–H and O–H groups in total. The molecule has 2 aromatic carbocycles. The number of aryl methyl sites for hydroxylation is 2. The second-order valence-corrected chi connectivity index (χ2v) is 6.41. The van der Waals surface area contributed by atoms with Crippen LogP contribution in [0, 0.1) is 0 Å². The third kappa shape index (κ3) is 4.66. The van der Waals surface area contributed by atoms with Crippen LogP contribution < -0.4 is 11.1 Å². The molecule has 2 rings (SSSR count). The third-order valence-corrected chi connectivity index (χ3v) is 4.71. The summed E-state index contributed by atoms with van der Waals surface area (Å²) in [4.78, 5) is 5.59. The van der Waals surface area contributed by atoms with Crippen molar-refractivity contribution in [2.75, 3.05) is 11.6 Å². The Kier molecular flexibility index (Phi) is 6.37. The fraction of sp³-hybridized carbons (Fsp3) is 0.278. The van der Waals surface area contributed by atoms with Crippen LogP contribution in [0.4, 0.5) is 11.4 Å². The van der Waals surface area contributed by atoms with Crippen molar-refractivity contribution in [3.63, 3.8) is 0 Å². The van der Waals surface area contributed by atoms with Gasteiger partial charge in [0.25, 0.3) is 0 Å². The van der Waals surface area contributed by atoms with Crippen LogP contribution in [0.2, 0.25) is 5.02 Å². The molecule has 5 heteroatoms. The fourth-order valence-electron chi connectivity index (χ4n) is 2.27. The maximum Gasteiger partial charge on any atom is 0.198 e. The molecule has 122 valence electrons. The summed E-state index contributed by atoms with van der Waals surface area (Å²) in [6.07, 6.45) is 3.88. The Bertz CT molecular complexity index is 713. The second-order valence-electron chi connectivity index (χ2n) is 5.15. The molecule has 0 spiro atoms. The van der Waals surface area contributed by atoms with E-state index in [0.29, 0.717) is 16.7 Å². The summed E-state index contributed by atoms with van der Waals surface area (Å²) < 4.78 is 0. The van der Waals surface area contributed by atoms with Crippen LogP contribution in [-0.4, -0.2) is 12.2 Å². The lowest BCUT2D eigenvalue weighted by molar-refractivity contribution is 1.12. The Morgan fingerprint density at radius 1 is 1.22 bits per heavy atom. The number of nitrogens with two attached hydrogens (primary N) is 1. The van der Waals surface area contributed by atoms with Crippen LogP contribution in [-0.2, 0) is 12.8 Å². The molecule has 2 aromatic rings. The Morgan fingerprint density at radius 3 is 2.65 bits per heavy atom. The Labute approximate surface area is 147 Å². The van der Waals surface area contributed by atoms with E-state index in [1.165, 1.54) is 5.56 Å². The van der Waals surface area contributed by atoms with Crippen molar-refractivity contribution < 1.29 is 0 Å². The monoisotopic (exact) mass is 347 g/mol. The van der Waals surface area contributed by atoms with Crippen LogP contribution in [0.15, 0.2) is 46.3 Å². The van der Waals surface area contributed by atoms with Crippen LogP contribution in [0.5, 0.6) is 0 Å². The third-order valence-electron chi connectivity index (χ3n) is 3.57. The van der Waals surface area contributed by atoms with Crippen LogP contribution >= 0.6 is 23.4 Å². The molecule has 23 heavy (non-hydrogen) atoms. The lowest BCUT2D eigenvalue weighted by Crippen LogP contribution is -2.22. The average molecular weight is 348 g/mol. The lowest BCUT2D eigenvalue weighted by Gasteiger charge is -2.10. The quantitative estimate of drug-likeness (QED) is 0.441. The van der Waals surface area contributed by atoms with Gasteiger partial charge in [-0.15, -0.1) is 11.8 Å². The van der Waals surface area contributed by atoms with Gasteiger partial charge in [-0.1, -0.05) is 37.6 Å². The summed E-state index contributed by atoms with van der Waals surface area (Å²) in [5, 5.41) is 3.79. The SMILES string of the molecule is CCc1cccc(NC(N)=Nc2cc(SC)cc(CC)c2Cl)c1. The molecule has 0 saturated heterocycles. The molecule has 0 amide bonds. The van der Waals surface area contributed by atoms with E-state index >= 15 is 0 Å². The fourth-order valence-corrected chi connectivity index (χ4v) is 3.05. The molecule has 0 radical (unpaired) electrons. The largest absolute Gasteiger partial charge is 0.369 e. The maximum absolute atomic E-state index is 6.43. The molecule has 0 fully saturated rings. The summed E-state index contributed by atoms with van der Waals surface area (Å²) in [5.41, 5.74) is 10.0. The molecular weight excluding hydrogens is 326 g/mol. The van der Waals surface area contributed by atoms with Crippen molar-refractivity contribution in [2.45, 2.75) is 31.6 Å². The van der Waals surface area contributed by atoms with E-state index in [9.17, 15) is 0 Å². The molecular formula is C18H22ClN3S. The van der Waals surface area contributed by atoms with Gasteiger partial charge in [-0.25, -0.2) is 4.99 Å². The van der Waals surface area contributed by atoms with Crippen molar-refractivity contribution in [3.05, 3.63) is 52.5 Å². The van der Waals surface area contributed by atoms with Gasteiger partial charge in [-0.3, -0.25) is 0 Å². The zero-order chi connectivity index (χ0) is 16.8. The number of hydrogen-bond donors (Lipinski definition) is 2. The molecule has 0 bridgehead atoms. The Morgan fingerprint density at radius 2 is 2.00 bits per heavy atom. The van der Waals surface area contributed by atoms with Gasteiger partial charge in [-0.05, 0) is 54.5 Å². The zero-order valence-corrected chi connectivity index (χ0v) is 15.3. The number of thioether (sulfide) groups is 1. The molecule has 0 heterocycles. The molecule has 3 nitrogen and oxygen atoms in total. The first-order valence-corrected chi connectivity index (χ1v) is 9.24. The zero-order valence-electron chi connectivity index (χ0n) is 13.7. The highest BCUT2D eigenvalue weighted by atomic mass is 35.5. The molecule has 0 aliphatic carbocycles. The van der Waals surface area contributed by atoms with Gasteiger partial charge in [0.15, 0.2) is 5.96 Å². The van der Waals surface area contributed by atoms with Crippen molar-refractivity contribution in [1.82, 2.24) is 0 Å². The average Bonchev–Trinajstić information content (AvgIpc) is 2.56. The highest BCUT2D eigenvalue weighted by Crippen LogP contribution is 2.33. The van der Waals surface area contributed by atoms with E-state index in [1.54, 1.807) is 11.8 Å². The van der Waals surface area contributed by atoms with Crippen LogP contribution in [0.1, 0.15) is 25.0 Å². The summed E-state index contributed by atoms with van der Waals surface area (Å²) in [5.74, 6) is 0.334. The summed E-state index contributed by atoms with van der Waals surface area (Å²) in [7, 11) is 0. The van der Waals surface area contributed by atoms with Crippen molar-refractivity contribution in [2.24, 2.45) is 10.7 Å². The smallest absolute Gasteiger partial charge is 0.198 e. The first-order valence-electron chi connectivity index (χ1n) is 7.63. The van der Waals surface area contributed by atoms with E-state index in [1.807, 2.05) is 24.5 Å². The predicted molar refractivity (Wildman–Crippen MR) is 103 cm³/mol. The molecule has 0 saturated carbocycles. The molecule has 0 atom stereocenters. The van der Waals surface area contributed by atoms with Crippen molar-refractivity contribution >= 4 is 40.7 Å². The van der Waals surface area contributed by atoms with E-state index in [0.717, 1.165) is 29.0 Å². The number of benzene rings is 2. The molecule has 0 unspecified atom stereocenters. The summed E-state index contributed by atoms with van der Waals surface area (Å²) >= 11 is 8.10. The van der Waals surface area contributed by atoms with Gasteiger partial charge in [0.05, 0.1) is 10.7 Å². The van der Waals surface area contributed by atoms with E-state index in [-0.39, 0.29) is 0 Å². The summed E-state index contributed by atoms with van der Waals surface area (Å²) in [6, 6.07) is 12.2. The first kappa shape index (κ1) is 17.7. The standard InChI is InChI=1S/C18H22ClN3S/c1-4-12-7-6-8-14(9-12)21-18(20)22-16-11-15(23-3)10-13(5-2)17(16)19/h6-11H,4-5H2,1-3H3,(H3,20,21,22). The maximum atomic E-state index is 6.43. The van der Waals surface area contributed by atoms with E-state index in [4.69, 9.17) is 17.3 Å².